The molecule has 1 atom stereocenters. The summed E-state index contributed by atoms with van der Waals surface area (Å²) in [6, 6.07) is 13.1. The molecule has 2 aromatic carbocycles. The SMILES string of the molecule is Cc1ccc(CC(=O)O[C@@H](C)C(=O)Nc2ccccc2OC(F)F)cc1. The molecule has 0 heterocycles. The van der Waals surface area contributed by atoms with Gasteiger partial charge in [-0.25, -0.2) is 0 Å². The minimum atomic E-state index is -3.02. The number of hydrogen-bond donors (Lipinski definition) is 1. The number of benzene rings is 2. The molecule has 26 heavy (non-hydrogen) atoms. The lowest BCUT2D eigenvalue weighted by Crippen LogP contribution is -2.30. The summed E-state index contributed by atoms with van der Waals surface area (Å²) in [5, 5.41) is 2.42. The van der Waals surface area contributed by atoms with Crippen LogP contribution in [0.15, 0.2) is 48.5 Å². The highest BCUT2D eigenvalue weighted by Crippen LogP contribution is 2.25. The summed E-state index contributed by atoms with van der Waals surface area (Å²) in [5.41, 5.74) is 1.91. The summed E-state index contributed by atoms with van der Waals surface area (Å²) in [6.45, 7) is 0.320. The van der Waals surface area contributed by atoms with Gasteiger partial charge in [0.1, 0.15) is 5.75 Å². The van der Waals surface area contributed by atoms with Crippen LogP contribution >= 0.6 is 0 Å². The third-order valence-electron chi connectivity index (χ3n) is 3.51. The molecule has 7 heteroatoms. The van der Waals surface area contributed by atoms with Crippen LogP contribution in [0, 0.1) is 6.92 Å². The van der Waals surface area contributed by atoms with E-state index >= 15 is 0 Å². The average molecular weight is 363 g/mol. The highest BCUT2D eigenvalue weighted by atomic mass is 19.3. The van der Waals surface area contributed by atoms with Gasteiger partial charge in [-0.05, 0) is 31.5 Å². The number of nitrogens with one attached hydrogen (secondary N) is 1. The van der Waals surface area contributed by atoms with Gasteiger partial charge in [-0.2, -0.15) is 8.78 Å². The van der Waals surface area contributed by atoms with E-state index < -0.39 is 24.6 Å². The quantitative estimate of drug-likeness (QED) is 0.762. The third-order valence-corrected chi connectivity index (χ3v) is 3.51. The number of hydrogen-bond acceptors (Lipinski definition) is 4. The average Bonchev–Trinajstić information content (AvgIpc) is 2.58. The molecule has 1 amide bonds. The summed E-state index contributed by atoms with van der Waals surface area (Å²) in [7, 11) is 0. The molecular weight excluding hydrogens is 344 g/mol. The number of rotatable bonds is 7. The standard InChI is InChI=1S/C19H19F2NO4/c1-12-7-9-14(10-8-12)11-17(23)25-13(2)18(24)22-15-5-3-4-6-16(15)26-19(20)21/h3-10,13,19H,11H2,1-2H3,(H,22,24)/t13-/m0/s1. The number of alkyl halides is 2. The molecule has 0 saturated carbocycles. The number of amides is 1. The van der Waals surface area contributed by atoms with Gasteiger partial charge in [0.2, 0.25) is 0 Å². The van der Waals surface area contributed by atoms with E-state index in [9.17, 15) is 18.4 Å². The Bertz CT molecular complexity index is 762. The van der Waals surface area contributed by atoms with Crippen LogP contribution in [0.3, 0.4) is 0 Å². The zero-order valence-corrected chi connectivity index (χ0v) is 14.4. The number of anilines is 1. The van der Waals surface area contributed by atoms with Crippen LogP contribution in [0.4, 0.5) is 14.5 Å². The lowest BCUT2D eigenvalue weighted by atomic mass is 10.1. The van der Waals surface area contributed by atoms with Crippen LogP contribution in [0.25, 0.3) is 0 Å². The maximum absolute atomic E-state index is 12.4. The molecule has 0 spiro atoms. The largest absolute Gasteiger partial charge is 0.452 e. The van der Waals surface area contributed by atoms with E-state index in [0.717, 1.165) is 11.1 Å². The van der Waals surface area contributed by atoms with Crippen molar-refractivity contribution in [1.29, 1.82) is 0 Å². The molecule has 0 radical (unpaired) electrons. The molecule has 0 aliphatic rings. The smallest absolute Gasteiger partial charge is 0.387 e. The van der Waals surface area contributed by atoms with E-state index in [1.54, 1.807) is 18.2 Å². The Labute approximate surface area is 149 Å². The molecule has 0 aromatic heterocycles. The second-order valence-corrected chi connectivity index (χ2v) is 5.66. The second kappa shape index (κ2) is 8.94. The molecule has 0 saturated heterocycles. The van der Waals surface area contributed by atoms with Gasteiger partial charge in [0.25, 0.3) is 5.91 Å². The van der Waals surface area contributed by atoms with E-state index in [0.29, 0.717) is 0 Å². The van der Waals surface area contributed by atoms with Gasteiger partial charge in [-0.1, -0.05) is 42.0 Å². The zero-order chi connectivity index (χ0) is 19.1. The Morgan fingerprint density at radius 2 is 1.73 bits per heavy atom. The molecule has 0 aliphatic carbocycles. The van der Waals surface area contributed by atoms with Crippen molar-refractivity contribution in [3.05, 3.63) is 59.7 Å². The fraction of sp³-hybridized carbons (Fsp3) is 0.263. The van der Waals surface area contributed by atoms with Crippen LogP contribution < -0.4 is 10.1 Å². The highest BCUT2D eigenvalue weighted by molar-refractivity contribution is 5.96. The van der Waals surface area contributed by atoms with Gasteiger partial charge in [0.15, 0.2) is 6.10 Å². The number of aryl methyl sites for hydroxylation is 1. The van der Waals surface area contributed by atoms with Gasteiger partial charge < -0.3 is 14.8 Å². The summed E-state index contributed by atoms with van der Waals surface area (Å²) in [5.74, 6) is -1.38. The molecule has 0 fully saturated rings. The Balaban J connectivity index is 1.93. The molecule has 0 aliphatic heterocycles. The van der Waals surface area contributed by atoms with Crippen LogP contribution in [-0.4, -0.2) is 24.6 Å². The fourth-order valence-electron chi connectivity index (χ4n) is 2.17. The van der Waals surface area contributed by atoms with E-state index in [1.165, 1.54) is 25.1 Å². The normalized spacial score (nSPS) is 11.7. The van der Waals surface area contributed by atoms with Crippen LogP contribution in [0.2, 0.25) is 0 Å². The first-order valence-electron chi connectivity index (χ1n) is 7.95. The lowest BCUT2D eigenvalue weighted by Gasteiger charge is -2.15. The summed E-state index contributed by atoms with van der Waals surface area (Å²) >= 11 is 0. The van der Waals surface area contributed by atoms with Gasteiger partial charge in [0, 0.05) is 0 Å². The lowest BCUT2D eigenvalue weighted by molar-refractivity contribution is -0.152. The first kappa shape index (κ1) is 19.4. The fourth-order valence-corrected chi connectivity index (χ4v) is 2.17. The Morgan fingerprint density at radius 3 is 2.38 bits per heavy atom. The third kappa shape index (κ3) is 5.84. The summed E-state index contributed by atoms with van der Waals surface area (Å²) in [4.78, 5) is 24.1. The summed E-state index contributed by atoms with van der Waals surface area (Å²) in [6.07, 6.45) is -1.06. The number of halogens is 2. The van der Waals surface area contributed by atoms with Gasteiger partial charge >= 0.3 is 12.6 Å². The van der Waals surface area contributed by atoms with E-state index in [-0.39, 0.29) is 17.9 Å². The van der Waals surface area contributed by atoms with Gasteiger partial charge in [-0.15, -0.1) is 0 Å². The Hall–Kier alpha value is -2.96. The van der Waals surface area contributed by atoms with E-state index in [2.05, 4.69) is 10.1 Å². The molecule has 138 valence electrons. The predicted octanol–water partition coefficient (Wildman–Crippen LogP) is 3.71. The summed E-state index contributed by atoms with van der Waals surface area (Å²) < 4.78 is 34.2. The topological polar surface area (TPSA) is 64.6 Å². The maximum Gasteiger partial charge on any atom is 0.387 e. The van der Waals surface area contributed by atoms with Crippen molar-refractivity contribution >= 4 is 17.6 Å². The van der Waals surface area contributed by atoms with Crippen LogP contribution in [0.1, 0.15) is 18.1 Å². The van der Waals surface area contributed by atoms with E-state index in [1.807, 2.05) is 19.1 Å². The first-order chi connectivity index (χ1) is 12.3. The van der Waals surface area contributed by atoms with E-state index in [4.69, 9.17) is 4.74 Å². The van der Waals surface area contributed by atoms with Gasteiger partial charge in [0.05, 0.1) is 12.1 Å². The predicted molar refractivity (Wildman–Crippen MR) is 92.1 cm³/mol. The minimum absolute atomic E-state index is 0.0307. The van der Waals surface area contributed by atoms with Gasteiger partial charge in [-0.3, -0.25) is 9.59 Å². The molecule has 0 bridgehead atoms. The number of para-hydroxylation sites is 2. The van der Waals surface area contributed by atoms with Crippen molar-refractivity contribution in [3.63, 3.8) is 0 Å². The molecule has 2 rings (SSSR count). The van der Waals surface area contributed by atoms with Crippen molar-refractivity contribution in [2.24, 2.45) is 0 Å². The highest BCUT2D eigenvalue weighted by Gasteiger charge is 2.20. The monoisotopic (exact) mass is 363 g/mol. The molecule has 2 aromatic rings. The maximum atomic E-state index is 12.4. The number of carbonyl (C=O) groups excluding carboxylic acids is 2. The van der Waals surface area contributed by atoms with Crippen molar-refractivity contribution in [1.82, 2.24) is 0 Å². The minimum Gasteiger partial charge on any atom is -0.452 e. The van der Waals surface area contributed by atoms with Crippen LogP contribution in [0.5, 0.6) is 5.75 Å². The number of ether oxygens (including phenoxy) is 2. The molecule has 5 nitrogen and oxygen atoms in total. The Morgan fingerprint density at radius 1 is 1.08 bits per heavy atom. The van der Waals surface area contributed by atoms with Crippen LogP contribution in [-0.2, 0) is 20.7 Å². The molecule has 0 unspecified atom stereocenters. The molecule has 1 N–H and O–H groups in total. The first-order valence-corrected chi connectivity index (χ1v) is 7.95. The molecular formula is C19H19F2NO4. The van der Waals surface area contributed by atoms with Crippen molar-refractivity contribution in [2.45, 2.75) is 33.0 Å². The zero-order valence-electron chi connectivity index (χ0n) is 14.4. The number of carbonyl (C=O) groups is 2. The number of esters is 1. The Kier molecular flexibility index (Phi) is 6.66. The van der Waals surface area contributed by atoms with Crippen molar-refractivity contribution in [2.75, 3.05) is 5.32 Å². The van der Waals surface area contributed by atoms with Crippen molar-refractivity contribution in [3.8, 4) is 5.75 Å². The second-order valence-electron chi connectivity index (χ2n) is 5.66. The van der Waals surface area contributed by atoms with Crippen molar-refractivity contribution < 1.29 is 27.8 Å².